The number of nitrogens with zero attached hydrogens (tertiary/aromatic N) is 3. The lowest BCUT2D eigenvalue weighted by Crippen LogP contribution is -2.67. The fourth-order valence-corrected chi connectivity index (χ4v) is 4.86. The van der Waals surface area contributed by atoms with Crippen LogP contribution in [-0.4, -0.2) is 47.5 Å². The molecule has 5 nitrogen and oxygen atoms in total. The Balaban J connectivity index is 1.58. The number of rotatable bonds is 4. The second-order valence-corrected chi connectivity index (χ2v) is 8.41. The normalized spacial score (nSPS) is 29.1. The number of nitrogens with one attached hydrogen (secondary N) is 1. The van der Waals surface area contributed by atoms with Crippen LogP contribution in [0.4, 0.5) is 18.9 Å². The Labute approximate surface area is 168 Å². The summed E-state index contributed by atoms with van der Waals surface area (Å²) >= 11 is 0. The van der Waals surface area contributed by atoms with Crippen LogP contribution in [0.2, 0.25) is 0 Å². The van der Waals surface area contributed by atoms with Gasteiger partial charge in [0, 0.05) is 17.6 Å². The van der Waals surface area contributed by atoms with Gasteiger partial charge < -0.3 is 10.0 Å². The molecule has 2 aliphatic rings. The molecule has 1 aliphatic carbocycles. The lowest BCUT2D eigenvalue weighted by Gasteiger charge is -2.58. The van der Waals surface area contributed by atoms with Crippen LogP contribution >= 0.6 is 0 Å². The molecule has 1 unspecified atom stereocenters. The molecule has 1 spiro atoms. The van der Waals surface area contributed by atoms with Crippen molar-refractivity contribution < 1.29 is 18.3 Å². The highest BCUT2D eigenvalue weighted by atomic mass is 19.3. The molecule has 1 aliphatic heterocycles. The van der Waals surface area contributed by atoms with Gasteiger partial charge in [-0.2, -0.15) is 0 Å². The Morgan fingerprint density at radius 2 is 2.00 bits per heavy atom. The predicted molar refractivity (Wildman–Crippen MR) is 104 cm³/mol. The first-order valence-corrected chi connectivity index (χ1v) is 9.56. The zero-order valence-electron chi connectivity index (χ0n) is 16.7. The number of aliphatic hydroxyl groups excluding tert-OH is 1. The second kappa shape index (κ2) is 6.97. The average Bonchev–Trinajstić information content (AvgIpc) is 2.97. The van der Waals surface area contributed by atoms with Crippen LogP contribution in [0.1, 0.15) is 36.1 Å². The van der Waals surface area contributed by atoms with Crippen LogP contribution in [-0.2, 0) is 5.54 Å². The topological polar surface area (TPSA) is 51.6 Å². The van der Waals surface area contributed by atoms with Gasteiger partial charge in [-0.05, 0) is 63.2 Å². The van der Waals surface area contributed by atoms with Gasteiger partial charge in [0.25, 0.3) is 6.43 Å². The SMILES string of the molecule is Cc1cc(C(F)F)ncc1N1C[C@]2(C[C@](c3cccc(F)c3)(N(C)C)C2)NC1O. The van der Waals surface area contributed by atoms with Crippen LogP contribution in [0.3, 0.4) is 0 Å². The van der Waals surface area contributed by atoms with Crippen molar-refractivity contribution in [2.75, 3.05) is 25.5 Å². The molecule has 1 atom stereocenters. The lowest BCUT2D eigenvalue weighted by molar-refractivity contribution is -0.0315. The van der Waals surface area contributed by atoms with E-state index in [1.807, 2.05) is 20.2 Å². The number of halogens is 3. The van der Waals surface area contributed by atoms with E-state index in [2.05, 4.69) is 15.2 Å². The van der Waals surface area contributed by atoms with E-state index >= 15 is 0 Å². The summed E-state index contributed by atoms with van der Waals surface area (Å²) in [5, 5.41) is 13.9. The maximum atomic E-state index is 13.8. The summed E-state index contributed by atoms with van der Waals surface area (Å²) in [6.07, 6.45) is -0.808. The number of anilines is 1. The number of benzene rings is 1. The van der Waals surface area contributed by atoms with Crippen molar-refractivity contribution >= 4 is 5.69 Å². The fraction of sp³-hybridized carbons (Fsp3) is 0.476. The molecule has 1 saturated heterocycles. The van der Waals surface area contributed by atoms with Gasteiger partial charge in [-0.1, -0.05) is 12.1 Å². The Morgan fingerprint density at radius 3 is 2.59 bits per heavy atom. The number of aryl methyl sites for hydroxylation is 1. The van der Waals surface area contributed by atoms with E-state index in [4.69, 9.17) is 0 Å². The summed E-state index contributed by atoms with van der Waals surface area (Å²) in [7, 11) is 3.94. The van der Waals surface area contributed by atoms with Gasteiger partial charge in [0.15, 0.2) is 6.35 Å². The molecular formula is C21H25F3N4O. The van der Waals surface area contributed by atoms with Crippen molar-refractivity contribution in [3.63, 3.8) is 0 Å². The van der Waals surface area contributed by atoms with Gasteiger partial charge in [0.1, 0.15) is 11.5 Å². The molecule has 4 rings (SSSR count). The molecule has 2 aromatic rings. The highest BCUT2D eigenvalue weighted by molar-refractivity contribution is 5.54. The molecule has 8 heteroatoms. The third-order valence-electron chi connectivity index (χ3n) is 6.32. The quantitative estimate of drug-likeness (QED) is 0.817. The third kappa shape index (κ3) is 3.29. The Hall–Kier alpha value is -2.16. The molecule has 156 valence electrons. The van der Waals surface area contributed by atoms with Crippen LogP contribution in [0.15, 0.2) is 36.5 Å². The summed E-state index contributed by atoms with van der Waals surface area (Å²) in [5.41, 5.74) is 1.20. The number of aliphatic hydroxyl groups is 1. The zero-order valence-corrected chi connectivity index (χ0v) is 16.7. The van der Waals surface area contributed by atoms with Gasteiger partial charge >= 0.3 is 0 Å². The highest BCUT2D eigenvalue weighted by Crippen LogP contribution is 2.54. The minimum atomic E-state index is -2.63. The van der Waals surface area contributed by atoms with Crippen molar-refractivity contribution in [3.05, 3.63) is 59.2 Å². The first kappa shape index (κ1) is 20.1. The molecule has 2 N–H and O–H groups in total. The van der Waals surface area contributed by atoms with Crippen LogP contribution in [0.25, 0.3) is 0 Å². The van der Waals surface area contributed by atoms with Gasteiger partial charge in [0.05, 0.1) is 11.9 Å². The van der Waals surface area contributed by atoms with Crippen molar-refractivity contribution in [1.29, 1.82) is 0 Å². The minimum Gasteiger partial charge on any atom is -0.361 e. The van der Waals surface area contributed by atoms with Gasteiger partial charge in [-0.25, -0.2) is 13.2 Å². The second-order valence-electron chi connectivity index (χ2n) is 8.41. The number of alkyl halides is 2. The number of pyridine rings is 1. The van der Waals surface area contributed by atoms with E-state index in [0.29, 0.717) is 30.6 Å². The largest absolute Gasteiger partial charge is 0.361 e. The molecule has 0 amide bonds. The predicted octanol–water partition coefficient (Wildman–Crippen LogP) is 3.14. The van der Waals surface area contributed by atoms with E-state index in [0.717, 1.165) is 5.56 Å². The highest BCUT2D eigenvalue weighted by Gasteiger charge is 2.61. The molecular weight excluding hydrogens is 381 g/mol. The summed E-state index contributed by atoms with van der Waals surface area (Å²) in [6.45, 7) is 2.24. The van der Waals surface area contributed by atoms with Crippen molar-refractivity contribution in [2.24, 2.45) is 0 Å². The Kier molecular flexibility index (Phi) is 4.83. The number of hydrogen-bond acceptors (Lipinski definition) is 5. The summed E-state index contributed by atoms with van der Waals surface area (Å²) < 4.78 is 39.6. The summed E-state index contributed by atoms with van der Waals surface area (Å²) in [6, 6.07) is 7.99. The van der Waals surface area contributed by atoms with Crippen molar-refractivity contribution in [3.8, 4) is 0 Å². The van der Waals surface area contributed by atoms with Crippen LogP contribution < -0.4 is 10.2 Å². The molecule has 1 aromatic carbocycles. The molecule has 0 bridgehead atoms. The lowest BCUT2D eigenvalue weighted by atomic mass is 9.59. The van der Waals surface area contributed by atoms with Gasteiger partial charge in [-0.15, -0.1) is 0 Å². The van der Waals surface area contributed by atoms with E-state index in [-0.39, 0.29) is 22.6 Å². The first-order valence-electron chi connectivity index (χ1n) is 9.56. The van der Waals surface area contributed by atoms with E-state index in [1.54, 1.807) is 24.0 Å². The van der Waals surface area contributed by atoms with Gasteiger partial charge in [0.2, 0.25) is 0 Å². The average molecular weight is 406 g/mol. The van der Waals surface area contributed by atoms with E-state index in [9.17, 15) is 18.3 Å². The van der Waals surface area contributed by atoms with Crippen molar-refractivity contribution in [2.45, 2.75) is 43.6 Å². The number of hydrogen-bond donors (Lipinski definition) is 2. The molecule has 1 aromatic heterocycles. The molecule has 2 fully saturated rings. The van der Waals surface area contributed by atoms with E-state index in [1.165, 1.54) is 18.3 Å². The number of aromatic nitrogens is 1. The zero-order chi connectivity index (χ0) is 21.0. The standard InChI is InChI=1S/C21H25F3N4O/c1-13-7-16(18(23)24)25-9-17(13)28-12-20(26-19(28)29)10-21(11-20,27(2)3)14-5-4-6-15(22)8-14/h4-9,18-19,26,29H,10-12H2,1-3H3/t19?,20-,21+. The van der Waals surface area contributed by atoms with Crippen LogP contribution in [0, 0.1) is 12.7 Å². The molecule has 29 heavy (non-hydrogen) atoms. The van der Waals surface area contributed by atoms with Gasteiger partial charge in [-0.3, -0.25) is 15.2 Å². The summed E-state index contributed by atoms with van der Waals surface area (Å²) in [4.78, 5) is 7.69. The molecule has 0 radical (unpaired) electrons. The Bertz CT molecular complexity index is 915. The minimum absolute atomic E-state index is 0.272. The first-order chi connectivity index (χ1) is 13.7. The monoisotopic (exact) mass is 406 g/mol. The smallest absolute Gasteiger partial charge is 0.280 e. The maximum Gasteiger partial charge on any atom is 0.280 e. The molecule has 1 saturated carbocycles. The Morgan fingerprint density at radius 1 is 1.28 bits per heavy atom. The summed E-state index contributed by atoms with van der Waals surface area (Å²) in [5.74, 6) is -0.272. The maximum absolute atomic E-state index is 13.8. The van der Waals surface area contributed by atoms with Crippen molar-refractivity contribution in [1.82, 2.24) is 15.2 Å². The van der Waals surface area contributed by atoms with Crippen LogP contribution in [0.5, 0.6) is 0 Å². The van der Waals surface area contributed by atoms with E-state index < -0.39 is 12.8 Å². The molecule has 2 heterocycles. The fourth-order valence-electron chi connectivity index (χ4n) is 4.86. The third-order valence-corrected chi connectivity index (χ3v) is 6.32.